The highest BCUT2D eigenvalue weighted by atomic mass is 79.9. The van der Waals surface area contributed by atoms with Crippen LogP contribution in [0.3, 0.4) is 0 Å². The largest absolute Gasteiger partial charge is 0.476 e. The van der Waals surface area contributed by atoms with Crippen molar-refractivity contribution in [2.45, 2.75) is 26.2 Å². The summed E-state index contributed by atoms with van der Waals surface area (Å²) in [4.78, 5) is 39.6. The summed E-state index contributed by atoms with van der Waals surface area (Å²) in [5, 5.41) is 16.0. The summed E-state index contributed by atoms with van der Waals surface area (Å²) in [7, 11) is 0. The van der Waals surface area contributed by atoms with Gasteiger partial charge in [0.25, 0.3) is 11.5 Å². The van der Waals surface area contributed by atoms with E-state index in [1.165, 1.54) is 23.0 Å². The SMILES string of the molecule is CC[C@H](C)c1nc2ccc(Br)cc2c(=O)n1N=Cc1cc(Cl)c(OCC(N)=O)c([N+](=O)[O-])c1. The third kappa shape index (κ3) is 5.37. The molecule has 2 aromatic carbocycles. The Morgan fingerprint density at radius 3 is 2.79 bits per heavy atom. The predicted molar refractivity (Wildman–Crippen MR) is 128 cm³/mol. The minimum atomic E-state index is -0.807. The maximum absolute atomic E-state index is 13.2. The molecular weight excluding hydrogens is 518 g/mol. The highest BCUT2D eigenvalue weighted by Gasteiger charge is 2.21. The number of nitro benzene ring substituents is 1. The molecule has 0 spiro atoms. The molecule has 3 aromatic rings. The number of amides is 1. The van der Waals surface area contributed by atoms with E-state index in [4.69, 9.17) is 22.1 Å². The van der Waals surface area contributed by atoms with Crippen LogP contribution in [0.2, 0.25) is 5.02 Å². The number of hydrogen-bond acceptors (Lipinski definition) is 7. The lowest BCUT2D eigenvalue weighted by atomic mass is 10.1. The number of halogens is 2. The summed E-state index contributed by atoms with van der Waals surface area (Å²) in [6, 6.07) is 7.74. The van der Waals surface area contributed by atoms with Crippen LogP contribution in [0.15, 0.2) is 44.7 Å². The van der Waals surface area contributed by atoms with E-state index in [0.717, 1.165) is 4.47 Å². The monoisotopic (exact) mass is 535 g/mol. The van der Waals surface area contributed by atoms with Gasteiger partial charge in [0, 0.05) is 22.0 Å². The second-order valence-corrected chi connectivity index (χ2v) is 8.49. The number of benzene rings is 2. The quantitative estimate of drug-likeness (QED) is 0.262. The molecule has 0 radical (unpaired) electrons. The molecule has 2 N–H and O–H groups in total. The van der Waals surface area contributed by atoms with Crippen LogP contribution in [-0.2, 0) is 4.79 Å². The average Bonchev–Trinajstić information content (AvgIpc) is 2.76. The van der Waals surface area contributed by atoms with Gasteiger partial charge < -0.3 is 10.5 Å². The zero-order valence-electron chi connectivity index (χ0n) is 17.6. The van der Waals surface area contributed by atoms with E-state index in [0.29, 0.717) is 23.1 Å². The number of aromatic nitrogens is 2. The van der Waals surface area contributed by atoms with Gasteiger partial charge in [0.2, 0.25) is 5.75 Å². The van der Waals surface area contributed by atoms with Crippen LogP contribution in [0.5, 0.6) is 5.75 Å². The Morgan fingerprint density at radius 1 is 1.42 bits per heavy atom. The number of ether oxygens (including phenoxy) is 1. The van der Waals surface area contributed by atoms with Gasteiger partial charge in [-0.3, -0.25) is 19.7 Å². The second kappa shape index (κ2) is 10.1. The summed E-state index contributed by atoms with van der Waals surface area (Å²) in [5.74, 6) is -0.716. The summed E-state index contributed by atoms with van der Waals surface area (Å²) >= 11 is 9.50. The first-order valence-electron chi connectivity index (χ1n) is 9.78. The maximum Gasteiger partial charge on any atom is 0.313 e. The van der Waals surface area contributed by atoms with E-state index in [1.807, 2.05) is 13.8 Å². The first-order chi connectivity index (χ1) is 15.6. The molecule has 1 atom stereocenters. The molecule has 0 saturated heterocycles. The van der Waals surface area contributed by atoms with E-state index in [-0.39, 0.29) is 27.8 Å². The van der Waals surface area contributed by atoms with Crippen molar-refractivity contribution in [3.8, 4) is 5.75 Å². The molecule has 1 amide bonds. The van der Waals surface area contributed by atoms with Crippen LogP contribution >= 0.6 is 27.5 Å². The molecule has 0 aliphatic heterocycles. The normalized spacial score (nSPS) is 12.2. The fourth-order valence-electron chi connectivity index (χ4n) is 3.00. The van der Waals surface area contributed by atoms with E-state index < -0.39 is 23.1 Å². The van der Waals surface area contributed by atoms with Crippen LogP contribution < -0.4 is 16.0 Å². The maximum atomic E-state index is 13.2. The van der Waals surface area contributed by atoms with E-state index >= 15 is 0 Å². The molecule has 0 bridgehead atoms. The third-order valence-corrected chi connectivity index (χ3v) is 5.58. The Balaban J connectivity index is 2.13. The van der Waals surface area contributed by atoms with E-state index in [1.54, 1.807) is 18.2 Å². The highest BCUT2D eigenvalue weighted by molar-refractivity contribution is 9.10. The molecule has 0 saturated carbocycles. The number of carbonyl (C=O) groups is 1. The van der Waals surface area contributed by atoms with Crippen molar-refractivity contribution < 1.29 is 14.5 Å². The van der Waals surface area contributed by atoms with Crippen LogP contribution in [0.4, 0.5) is 5.69 Å². The number of carbonyl (C=O) groups excluding carboxylic acids is 1. The van der Waals surface area contributed by atoms with Crippen molar-refractivity contribution in [2.75, 3.05) is 6.61 Å². The molecule has 0 unspecified atom stereocenters. The molecule has 3 rings (SSSR count). The lowest BCUT2D eigenvalue weighted by molar-refractivity contribution is -0.385. The number of nitro groups is 1. The number of nitrogens with zero attached hydrogens (tertiary/aromatic N) is 4. The van der Waals surface area contributed by atoms with Gasteiger partial charge in [0.05, 0.1) is 27.1 Å². The molecule has 0 aliphatic carbocycles. The van der Waals surface area contributed by atoms with Crippen LogP contribution in [0.1, 0.15) is 37.6 Å². The molecule has 10 nitrogen and oxygen atoms in total. The molecule has 0 fully saturated rings. The van der Waals surface area contributed by atoms with Gasteiger partial charge in [-0.1, -0.05) is 41.4 Å². The lowest BCUT2D eigenvalue weighted by Crippen LogP contribution is -2.23. The van der Waals surface area contributed by atoms with Crippen molar-refractivity contribution in [1.82, 2.24) is 9.66 Å². The third-order valence-electron chi connectivity index (χ3n) is 4.81. The fraction of sp³-hybridized carbons (Fsp3) is 0.238. The number of primary amides is 1. The van der Waals surface area contributed by atoms with Gasteiger partial charge in [-0.2, -0.15) is 9.78 Å². The van der Waals surface area contributed by atoms with E-state index in [2.05, 4.69) is 26.0 Å². The molecular formula is C21H19BrClN5O5. The van der Waals surface area contributed by atoms with Gasteiger partial charge in [-0.05, 0) is 30.7 Å². The average molecular weight is 537 g/mol. The zero-order chi connectivity index (χ0) is 24.3. The van der Waals surface area contributed by atoms with Crippen molar-refractivity contribution in [2.24, 2.45) is 10.8 Å². The zero-order valence-corrected chi connectivity index (χ0v) is 20.0. The number of hydrogen-bond donors (Lipinski definition) is 1. The lowest BCUT2D eigenvalue weighted by Gasteiger charge is -2.14. The summed E-state index contributed by atoms with van der Waals surface area (Å²) < 4.78 is 6.99. The fourth-order valence-corrected chi connectivity index (χ4v) is 3.64. The Morgan fingerprint density at radius 2 is 2.15 bits per heavy atom. The molecule has 1 aromatic heterocycles. The first kappa shape index (κ1) is 24.3. The topological polar surface area (TPSA) is 143 Å². The van der Waals surface area contributed by atoms with Crippen molar-refractivity contribution in [1.29, 1.82) is 0 Å². The summed E-state index contributed by atoms with van der Waals surface area (Å²) in [6.45, 7) is 3.32. The minimum Gasteiger partial charge on any atom is -0.476 e. The predicted octanol–water partition coefficient (Wildman–Crippen LogP) is 3.98. The Bertz CT molecular complexity index is 1340. The van der Waals surface area contributed by atoms with Crippen LogP contribution in [0, 0.1) is 10.1 Å². The number of fused-ring (bicyclic) bond motifs is 1. The van der Waals surface area contributed by atoms with Crippen LogP contribution in [0.25, 0.3) is 10.9 Å². The molecule has 1 heterocycles. The van der Waals surface area contributed by atoms with E-state index in [9.17, 15) is 19.7 Å². The van der Waals surface area contributed by atoms with Crippen LogP contribution in [-0.4, -0.2) is 33.3 Å². The number of nitrogens with two attached hydrogens (primary N) is 1. The van der Waals surface area contributed by atoms with Gasteiger partial charge in [-0.15, -0.1) is 0 Å². The summed E-state index contributed by atoms with van der Waals surface area (Å²) in [6.07, 6.45) is 1.99. The molecule has 12 heteroatoms. The second-order valence-electron chi connectivity index (χ2n) is 7.17. The Hall–Kier alpha value is -3.31. The van der Waals surface area contributed by atoms with Gasteiger partial charge in [0.15, 0.2) is 6.61 Å². The standard InChI is InChI=1S/C21H19BrClN5O5/c1-3-11(2)20-26-16-5-4-13(22)8-14(16)21(30)27(20)25-9-12-6-15(23)19(33-10-18(24)29)17(7-12)28(31)32/h4-9,11H,3,10H2,1-2H3,(H2,24,29)/t11-/m0/s1. The van der Waals surface area contributed by atoms with Gasteiger partial charge >= 0.3 is 5.69 Å². The Labute approximate surface area is 201 Å². The molecule has 172 valence electrons. The Kier molecular flexibility index (Phi) is 7.44. The minimum absolute atomic E-state index is 0.0783. The number of rotatable bonds is 8. The van der Waals surface area contributed by atoms with Crippen molar-refractivity contribution >= 4 is 56.2 Å². The van der Waals surface area contributed by atoms with Crippen molar-refractivity contribution in [3.05, 3.63) is 71.7 Å². The first-order valence-corrected chi connectivity index (χ1v) is 10.9. The molecule has 0 aliphatic rings. The van der Waals surface area contributed by atoms with Gasteiger partial charge in [-0.25, -0.2) is 4.98 Å². The molecule has 33 heavy (non-hydrogen) atoms. The smallest absolute Gasteiger partial charge is 0.313 e. The van der Waals surface area contributed by atoms with Gasteiger partial charge in [0.1, 0.15) is 5.82 Å². The highest BCUT2D eigenvalue weighted by Crippen LogP contribution is 2.35. The van der Waals surface area contributed by atoms with Crippen molar-refractivity contribution in [3.63, 3.8) is 0 Å². The summed E-state index contributed by atoms with van der Waals surface area (Å²) in [5.41, 5.74) is 4.97.